The first-order valence-corrected chi connectivity index (χ1v) is 9.26. The maximum atomic E-state index is 5.01. The highest BCUT2D eigenvalue weighted by molar-refractivity contribution is 9.10. The summed E-state index contributed by atoms with van der Waals surface area (Å²) in [5, 5.41) is 1.23. The van der Waals surface area contributed by atoms with Gasteiger partial charge >= 0.3 is 0 Å². The Hall–Kier alpha value is -1.67. The molecule has 116 valence electrons. The van der Waals surface area contributed by atoms with Crippen molar-refractivity contribution >= 4 is 26.8 Å². The predicted molar refractivity (Wildman–Crippen MR) is 101 cm³/mol. The van der Waals surface area contributed by atoms with Crippen molar-refractivity contribution in [3.63, 3.8) is 0 Å². The van der Waals surface area contributed by atoms with Crippen molar-refractivity contribution in [1.29, 1.82) is 0 Å². The monoisotopic (exact) mass is 365 g/mol. The van der Waals surface area contributed by atoms with Gasteiger partial charge in [0.25, 0.3) is 0 Å². The highest BCUT2D eigenvalue weighted by Crippen LogP contribution is 2.37. The highest BCUT2D eigenvalue weighted by Gasteiger charge is 2.19. The van der Waals surface area contributed by atoms with Crippen LogP contribution >= 0.6 is 15.9 Å². The van der Waals surface area contributed by atoms with E-state index in [1.807, 2.05) is 0 Å². The van der Waals surface area contributed by atoms with Crippen LogP contribution in [0, 0.1) is 0 Å². The molecule has 1 aromatic heterocycles. The maximum Gasteiger partial charge on any atom is 0.0712 e. The quantitative estimate of drug-likeness (QED) is 0.491. The molecule has 4 rings (SSSR count). The number of hydrogen-bond acceptors (Lipinski definition) is 1. The summed E-state index contributed by atoms with van der Waals surface area (Å²) < 4.78 is 1.11. The van der Waals surface area contributed by atoms with Crippen molar-refractivity contribution in [3.05, 3.63) is 64.8 Å². The van der Waals surface area contributed by atoms with Crippen LogP contribution in [0.2, 0.25) is 0 Å². The summed E-state index contributed by atoms with van der Waals surface area (Å²) in [6.45, 7) is 0. The van der Waals surface area contributed by atoms with E-state index in [0.717, 1.165) is 9.99 Å². The van der Waals surface area contributed by atoms with Gasteiger partial charge in [-0.2, -0.15) is 0 Å². The summed E-state index contributed by atoms with van der Waals surface area (Å²) in [5.74, 6) is 0.624. The molecule has 0 bridgehead atoms. The molecular weight excluding hydrogens is 346 g/mol. The number of pyridine rings is 1. The SMILES string of the molecule is Brc1ccc2nc(C3CCCCC3)cc(-c3ccccc3)c2c1. The number of rotatable bonds is 2. The molecule has 23 heavy (non-hydrogen) atoms. The number of fused-ring (bicyclic) bond motifs is 1. The van der Waals surface area contributed by atoms with Gasteiger partial charge in [-0.1, -0.05) is 65.5 Å². The van der Waals surface area contributed by atoms with Crippen LogP contribution in [0.15, 0.2) is 59.1 Å². The van der Waals surface area contributed by atoms with Crippen LogP contribution in [0.3, 0.4) is 0 Å². The molecule has 3 aromatic rings. The first-order chi connectivity index (χ1) is 11.3. The molecule has 1 heterocycles. The molecule has 0 radical (unpaired) electrons. The van der Waals surface area contributed by atoms with E-state index in [1.54, 1.807) is 0 Å². The van der Waals surface area contributed by atoms with Crippen LogP contribution in [0.25, 0.3) is 22.0 Å². The summed E-state index contributed by atoms with van der Waals surface area (Å²) in [5.41, 5.74) is 4.96. The topological polar surface area (TPSA) is 12.9 Å². The molecule has 0 aliphatic heterocycles. The Balaban J connectivity index is 1.91. The first-order valence-electron chi connectivity index (χ1n) is 8.47. The van der Waals surface area contributed by atoms with E-state index >= 15 is 0 Å². The second-order valence-corrected chi connectivity index (χ2v) is 7.37. The smallest absolute Gasteiger partial charge is 0.0712 e. The normalized spacial score (nSPS) is 15.9. The fourth-order valence-electron chi connectivity index (χ4n) is 3.68. The largest absolute Gasteiger partial charge is 0.253 e. The average molecular weight is 366 g/mol. The Kier molecular flexibility index (Phi) is 4.17. The summed E-state index contributed by atoms with van der Waals surface area (Å²) in [4.78, 5) is 5.01. The standard InChI is InChI=1S/C21H20BrN/c22-17-11-12-20-19(13-17)18(15-7-3-1-4-8-15)14-21(23-20)16-9-5-2-6-10-16/h1,3-4,7-8,11-14,16H,2,5-6,9-10H2. The molecule has 0 saturated heterocycles. The number of aromatic nitrogens is 1. The van der Waals surface area contributed by atoms with E-state index in [2.05, 4.69) is 70.5 Å². The van der Waals surface area contributed by atoms with Gasteiger partial charge in [-0.15, -0.1) is 0 Å². The van der Waals surface area contributed by atoms with Gasteiger partial charge in [-0.3, -0.25) is 4.98 Å². The zero-order valence-corrected chi connectivity index (χ0v) is 14.7. The van der Waals surface area contributed by atoms with Crippen LogP contribution in [0.5, 0.6) is 0 Å². The Morgan fingerprint density at radius 2 is 1.65 bits per heavy atom. The third kappa shape index (κ3) is 3.05. The molecular formula is C21H20BrN. The van der Waals surface area contributed by atoms with Gasteiger partial charge in [0, 0.05) is 21.5 Å². The summed E-state index contributed by atoms with van der Waals surface area (Å²) in [7, 11) is 0. The van der Waals surface area contributed by atoms with E-state index in [9.17, 15) is 0 Å². The third-order valence-electron chi connectivity index (χ3n) is 4.90. The maximum absolute atomic E-state index is 5.01. The molecule has 1 nitrogen and oxygen atoms in total. The zero-order valence-electron chi connectivity index (χ0n) is 13.1. The van der Waals surface area contributed by atoms with E-state index in [-0.39, 0.29) is 0 Å². The molecule has 0 atom stereocenters. The van der Waals surface area contributed by atoms with E-state index in [0.29, 0.717) is 5.92 Å². The molecule has 0 N–H and O–H groups in total. The predicted octanol–water partition coefficient (Wildman–Crippen LogP) is 6.71. The lowest BCUT2D eigenvalue weighted by molar-refractivity contribution is 0.437. The molecule has 1 aliphatic carbocycles. The van der Waals surface area contributed by atoms with Crippen molar-refractivity contribution in [1.82, 2.24) is 4.98 Å². The number of nitrogens with zero attached hydrogens (tertiary/aromatic N) is 1. The van der Waals surface area contributed by atoms with Crippen LogP contribution in [0.1, 0.15) is 43.7 Å². The van der Waals surface area contributed by atoms with E-state index in [1.165, 1.54) is 54.3 Å². The van der Waals surface area contributed by atoms with Gasteiger partial charge in [-0.05, 0) is 48.2 Å². The fourth-order valence-corrected chi connectivity index (χ4v) is 4.04. The summed E-state index contributed by atoms with van der Waals surface area (Å²) >= 11 is 3.61. The van der Waals surface area contributed by atoms with Crippen molar-refractivity contribution in [2.75, 3.05) is 0 Å². The molecule has 1 fully saturated rings. The third-order valence-corrected chi connectivity index (χ3v) is 5.39. The van der Waals surface area contributed by atoms with Gasteiger partial charge in [0.15, 0.2) is 0 Å². The van der Waals surface area contributed by atoms with Crippen LogP contribution < -0.4 is 0 Å². The van der Waals surface area contributed by atoms with Gasteiger partial charge in [0.1, 0.15) is 0 Å². The van der Waals surface area contributed by atoms with Crippen molar-refractivity contribution < 1.29 is 0 Å². The number of benzene rings is 2. The Labute approximate surface area is 145 Å². The molecule has 1 saturated carbocycles. The second kappa shape index (κ2) is 6.45. The van der Waals surface area contributed by atoms with Crippen LogP contribution in [-0.4, -0.2) is 4.98 Å². The molecule has 0 amide bonds. The number of halogens is 1. The molecule has 0 unspecified atom stereocenters. The number of hydrogen-bond donors (Lipinski definition) is 0. The minimum Gasteiger partial charge on any atom is -0.253 e. The molecule has 1 aliphatic rings. The van der Waals surface area contributed by atoms with Gasteiger partial charge in [0.2, 0.25) is 0 Å². The van der Waals surface area contributed by atoms with Crippen LogP contribution in [-0.2, 0) is 0 Å². The lowest BCUT2D eigenvalue weighted by Gasteiger charge is -2.22. The summed E-state index contributed by atoms with van der Waals surface area (Å²) in [6.07, 6.45) is 6.62. The molecule has 2 aromatic carbocycles. The first kappa shape index (κ1) is 14.9. The van der Waals surface area contributed by atoms with Crippen molar-refractivity contribution in [2.24, 2.45) is 0 Å². The lowest BCUT2D eigenvalue weighted by Crippen LogP contribution is -2.07. The average Bonchev–Trinajstić information content (AvgIpc) is 2.62. The minimum absolute atomic E-state index is 0.624. The fraction of sp³-hybridized carbons (Fsp3) is 0.286. The Morgan fingerprint density at radius 3 is 2.43 bits per heavy atom. The van der Waals surface area contributed by atoms with E-state index in [4.69, 9.17) is 4.98 Å². The molecule has 2 heteroatoms. The minimum atomic E-state index is 0.624. The van der Waals surface area contributed by atoms with Gasteiger partial charge in [-0.25, -0.2) is 0 Å². The van der Waals surface area contributed by atoms with Crippen LogP contribution in [0.4, 0.5) is 0 Å². The zero-order chi connectivity index (χ0) is 15.6. The highest BCUT2D eigenvalue weighted by atomic mass is 79.9. The summed E-state index contributed by atoms with van der Waals surface area (Å²) in [6, 6.07) is 19.4. The molecule has 0 spiro atoms. The van der Waals surface area contributed by atoms with E-state index < -0.39 is 0 Å². The second-order valence-electron chi connectivity index (χ2n) is 6.46. The van der Waals surface area contributed by atoms with Crippen molar-refractivity contribution in [2.45, 2.75) is 38.0 Å². The Morgan fingerprint density at radius 1 is 0.870 bits per heavy atom. The van der Waals surface area contributed by atoms with Gasteiger partial charge < -0.3 is 0 Å². The Bertz CT molecular complexity index is 820. The van der Waals surface area contributed by atoms with Crippen molar-refractivity contribution in [3.8, 4) is 11.1 Å². The van der Waals surface area contributed by atoms with Gasteiger partial charge in [0.05, 0.1) is 5.52 Å². The lowest BCUT2D eigenvalue weighted by atomic mass is 9.85.